The molecular weight excluding hydrogens is 210 g/mol. The maximum Gasteiger partial charge on any atom is 0.137 e. The van der Waals surface area contributed by atoms with Gasteiger partial charge in [-0.3, -0.25) is 0 Å². The zero-order chi connectivity index (χ0) is 12.3. The zero-order valence-corrected chi connectivity index (χ0v) is 10.6. The minimum atomic E-state index is 0.292. The Kier molecular flexibility index (Phi) is 3.68. The second-order valence-electron chi connectivity index (χ2n) is 5.11. The summed E-state index contributed by atoms with van der Waals surface area (Å²) >= 11 is 0. The molecule has 90 valence electrons. The standard InChI is InChI=1S/C15H19NO/c1-11-4-7-14(8-5-11)17-15-9-12(2)3-6-13(15)10-16/h3,6,9,11,14H,4-5,7-8H2,1-2H3. The number of hydrogen-bond donors (Lipinski definition) is 0. The highest BCUT2D eigenvalue weighted by atomic mass is 16.5. The van der Waals surface area contributed by atoms with Crippen LogP contribution in [0.2, 0.25) is 0 Å². The minimum absolute atomic E-state index is 0.292. The Hall–Kier alpha value is -1.49. The van der Waals surface area contributed by atoms with E-state index in [-0.39, 0.29) is 0 Å². The topological polar surface area (TPSA) is 33.0 Å². The fraction of sp³-hybridized carbons (Fsp3) is 0.533. The summed E-state index contributed by atoms with van der Waals surface area (Å²) in [6, 6.07) is 7.96. The molecule has 0 aromatic heterocycles. The lowest BCUT2D eigenvalue weighted by Gasteiger charge is -2.27. The molecule has 0 atom stereocenters. The second kappa shape index (κ2) is 5.23. The summed E-state index contributed by atoms with van der Waals surface area (Å²) in [6.07, 6.45) is 4.98. The quantitative estimate of drug-likeness (QED) is 0.772. The van der Waals surface area contributed by atoms with E-state index in [2.05, 4.69) is 13.0 Å². The van der Waals surface area contributed by atoms with Crippen LogP contribution in [0.3, 0.4) is 0 Å². The summed E-state index contributed by atoms with van der Waals surface area (Å²) in [6.45, 7) is 4.32. The molecule has 0 heterocycles. The van der Waals surface area contributed by atoms with Gasteiger partial charge in [0.1, 0.15) is 11.8 Å². The zero-order valence-electron chi connectivity index (χ0n) is 10.6. The Morgan fingerprint density at radius 2 is 1.94 bits per heavy atom. The molecule has 0 unspecified atom stereocenters. The van der Waals surface area contributed by atoms with Crippen molar-refractivity contribution in [3.8, 4) is 11.8 Å². The SMILES string of the molecule is Cc1ccc(C#N)c(OC2CCC(C)CC2)c1. The number of rotatable bonds is 2. The van der Waals surface area contributed by atoms with Crippen LogP contribution in [0.4, 0.5) is 0 Å². The predicted molar refractivity (Wildman–Crippen MR) is 67.9 cm³/mol. The van der Waals surface area contributed by atoms with E-state index in [9.17, 15) is 0 Å². The molecule has 1 fully saturated rings. The van der Waals surface area contributed by atoms with Gasteiger partial charge < -0.3 is 4.74 Å². The van der Waals surface area contributed by atoms with Crippen LogP contribution in [-0.2, 0) is 0 Å². The first-order chi connectivity index (χ1) is 8.19. The molecule has 1 saturated carbocycles. The van der Waals surface area contributed by atoms with Crippen molar-refractivity contribution in [1.29, 1.82) is 5.26 Å². The number of nitriles is 1. The average molecular weight is 229 g/mol. The van der Waals surface area contributed by atoms with Crippen molar-refractivity contribution in [2.45, 2.75) is 45.6 Å². The molecule has 0 spiro atoms. The van der Waals surface area contributed by atoms with Gasteiger partial charge in [0.15, 0.2) is 0 Å². The van der Waals surface area contributed by atoms with Crippen molar-refractivity contribution < 1.29 is 4.74 Å². The van der Waals surface area contributed by atoms with Gasteiger partial charge in [0.25, 0.3) is 0 Å². The van der Waals surface area contributed by atoms with E-state index in [0.29, 0.717) is 11.7 Å². The second-order valence-corrected chi connectivity index (χ2v) is 5.11. The normalized spacial score (nSPS) is 24.1. The van der Waals surface area contributed by atoms with Crippen LogP contribution in [0, 0.1) is 24.2 Å². The Balaban J connectivity index is 2.08. The first-order valence-corrected chi connectivity index (χ1v) is 6.36. The third kappa shape index (κ3) is 3.00. The fourth-order valence-corrected chi connectivity index (χ4v) is 2.35. The lowest BCUT2D eigenvalue weighted by molar-refractivity contribution is 0.135. The summed E-state index contributed by atoms with van der Waals surface area (Å²) in [4.78, 5) is 0. The summed E-state index contributed by atoms with van der Waals surface area (Å²) in [7, 11) is 0. The highest BCUT2D eigenvalue weighted by Gasteiger charge is 2.20. The molecule has 2 nitrogen and oxygen atoms in total. The van der Waals surface area contributed by atoms with E-state index in [0.717, 1.165) is 30.1 Å². The van der Waals surface area contributed by atoms with Gasteiger partial charge in [-0.1, -0.05) is 13.0 Å². The fourth-order valence-electron chi connectivity index (χ4n) is 2.35. The molecule has 1 aromatic carbocycles. The van der Waals surface area contributed by atoms with Crippen LogP contribution in [0.5, 0.6) is 5.75 Å². The van der Waals surface area contributed by atoms with Crippen molar-refractivity contribution in [3.05, 3.63) is 29.3 Å². The van der Waals surface area contributed by atoms with E-state index in [4.69, 9.17) is 10.00 Å². The Morgan fingerprint density at radius 1 is 1.24 bits per heavy atom. The predicted octanol–water partition coefficient (Wildman–Crippen LogP) is 3.82. The Bertz CT molecular complexity index is 425. The van der Waals surface area contributed by atoms with Gasteiger partial charge in [-0.2, -0.15) is 5.26 Å². The van der Waals surface area contributed by atoms with Gasteiger partial charge in [-0.25, -0.2) is 0 Å². The van der Waals surface area contributed by atoms with Gasteiger partial charge in [0.05, 0.1) is 11.7 Å². The summed E-state index contributed by atoms with van der Waals surface area (Å²) in [5.41, 5.74) is 1.79. The molecule has 0 bridgehead atoms. The van der Waals surface area contributed by atoms with Crippen LogP contribution < -0.4 is 4.74 Å². The first kappa shape index (κ1) is 12.0. The highest BCUT2D eigenvalue weighted by Crippen LogP contribution is 2.29. The van der Waals surface area contributed by atoms with Gasteiger partial charge in [-0.15, -0.1) is 0 Å². The number of nitrogens with zero attached hydrogens (tertiary/aromatic N) is 1. The third-order valence-corrected chi connectivity index (χ3v) is 3.51. The smallest absolute Gasteiger partial charge is 0.137 e. The first-order valence-electron chi connectivity index (χ1n) is 6.36. The van der Waals surface area contributed by atoms with Gasteiger partial charge >= 0.3 is 0 Å². The van der Waals surface area contributed by atoms with E-state index >= 15 is 0 Å². The van der Waals surface area contributed by atoms with E-state index in [1.165, 1.54) is 12.8 Å². The van der Waals surface area contributed by atoms with Gasteiger partial charge in [0.2, 0.25) is 0 Å². The van der Waals surface area contributed by atoms with Gasteiger partial charge in [0, 0.05) is 0 Å². The van der Waals surface area contributed by atoms with Crippen molar-refractivity contribution in [2.75, 3.05) is 0 Å². The highest BCUT2D eigenvalue weighted by molar-refractivity contribution is 5.45. The maximum absolute atomic E-state index is 9.05. The van der Waals surface area contributed by atoms with Gasteiger partial charge in [-0.05, 0) is 56.2 Å². The molecule has 0 amide bonds. The summed E-state index contributed by atoms with van der Waals surface area (Å²) in [5, 5.41) is 9.05. The molecule has 17 heavy (non-hydrogen) atoms. The maximum atomic E-state index is 9.05. The molecule has 0 radical (unpaired) electrons. The Morgan fingerprint density at radius 3 is 2.59 bits per heavy atom. The number of hydrogen-bond acceptors (Lipinski definition) is 2. The van der Waals surface area contributed by atoms with Crippen LogP contribution >= 0.6 is 0 Å². The van der Waals surface area contributed by atoms with Crippen LogP contribution in [0.1, 0.15) is 43.7 Å². The molecule has 2 rings (SSSR count). The third-order valence-electron chi connectivity index (χ3n) is 3.51. The van der Waals surface area contributed by atoms with E-state index in [1.807, 2.05) is 25.1 Å². The molecule has 2 heteroatoms. The van der Waals surface area contributed by atoms with Crippen molar-refractivity contribution >= 4 is 0 Å². The molecule has 0 saturated heterocycles. The lowest BCUT2D eigenvalue weighted by Crippen LogP contribution is -2.23. The molecule has 0 N–H and O–H groups in total. The van der Waals surface area contributed by atoms with Crippen LogP contribution in [-0.4, -0.2) is 6.10 Å². The molecular formula is C15H19NO. The molecule has 1 aliphatic carbocycles. The lowest BCUT2D eigenvalue weighted by atomic mass is 9.89. The van der Waals surface area contributed by atoms with Crippen molar-refractivity contribution in [1.82, 2.24) is 0 Å². The number of aryl methyl sites for hydroxylation is 1. The molecule has 0 aliphatic heterocycles. The van der Waals surface area contributed by atoms with Crippen LogP contribution in [0.15, 0.2) is 18.2 Å². The number of ether oxygens (including phenoxy) is 1. The largest absolute Gasteiger partial charge is 0.489 e. The Labute approximate surface area is 103 Å². The number of benzene rings is 1. The molecule has 1 aromatic rings. The van der Waals surface area contributed by atoms with Crippen molar-refractivity contribution in [3.63, 3.8) is 0 Å². The monoisotopic (exact) mass is 229 g/mol. The summed E-state index contributed by atoms with van der Waals surface area (Å²) in [5.74, 6) is 1.58. The van der Waals surface area contributed by atoms with E-state index in [1.54, 1.807) is 0 Å². The molecule has 1 aliphatic rings. The summed E-state index contributed by atoms with van der Waals surface area (Å²) < 4.78 is 5.98. The average Bonchev–Trinajstić information content (AvgIpc) is 2.32. The van der Waals surface area contributed by atoms with E-state index < -0.39 is 0 Å². The minimum Gasteiger partial charge on any atom is -0.489 e. The van der Waals surface area contributed by atoms with Crippen molar-refractivity contribution in [2.24, 2.45) is 5.92 Å². The van der Waals surface area contributed by atoms with Crippen LogP contribution in [0.25, 0.3) is 0 Å².